The normalized spacial score (nSPS) is 10.2. The average Bonchev–Trinajstić information content (AvgIpc) is 2.39. The summed E-state index contributed by atoms with van der Waals surface area (Å²) in [6.45, 7) is 0. The smallest absolute Gasteiger partial charge is 0.0221 e. The standard InChI is InChI=1S/C15H11BrI2/c16-10-9-15(11-1-5-13(17)6-2-11)12-3-7-14(18)8-4-12/h1-9H,10H2. The fraction of sp³-hybridized carbons (Fsp3) is 0.0667. The van der Waals surface area contributed by atoms with Crippen molar-refractivity contribution in [3.05, 3.63) is 72.9 Å². The molecule has 18 heavy (non-hydrogen) atoms. The maximum atomic E-state index is 3.49. The van der Waals surface area contributed by atoms with E-state index in [4.69, 9.17) is 0 Å². The first-order valence-corrected chi connectivity index (χ1v) is 8.76. The van der Waals surface area contributed by atoms with Crippen LogP contribution >= 0.6 is 61.1 Å². The first-order valence-electron chi connectivity index (χ1n) is 5.48. The first kappa shape index (κ1) is 14.5. The second-order valence-corrected chi connectivity index (χ2v) is 6.92. The van der Waals surface area contributed by atoms with Crippen molar-refractivity contribution in [3.63, 3.8) is 0 Å². The number of benzene rings is 2. The summed E-state index contributed by atoms with van der Waals surface area (Å²) in [4.78, 5) is 0. The number of allylic oxidation sites excluding steroid dienone is 1. The average molecular weight is 525 g/mol. The highest BCUT2D eigenvalue weighted by molar-refractivity contribution is 14.1. The Morgan fingerprint density at radius 3 is 1.56 bits per heavy atom. The van der Waals surface area contributed by atoms with Gasteiger partial charge in [0.2, 0.25) is 0 Å². The number of alkyl halides is 1. The molecule has 0 atom stereocenters. The van der Waals surface area contributed by atoms with E-state index in [-0.39, 0.29) is 0 Å². The molecule has 2 aromatic carbocycles. The first-order chi connectivity index (χ1) is 8.70. The SMILES string of the molecule is BrCC=C(c1ccc(I)cc1)c1ccc(I)cc1. The molecule has 0 bridgehead atoms. The molecule has 0 radical (unpaired) electrons. The number of hydrogen-bond donors (Lipinski definition) is 0. The van der Waals surface area contributed by atoms with Gasteiger partial charge in [-0.1, -0.05) is 46.3 Å². The molecular weight excluding hydrogens is 514 g/mol. The molecule has 2 aromatic rings. The third-order valence-electron chi connectivity index (χ3n) is 2.59. The van der Waals surface area contributed by atoms with E-state index in [1.165, 1.54) is 23.8 Å². The van der Waals surface area contributed by atoms with Gasteiger partial charge in [-0.25, -0.2) is 0 Å². The van der Waals surface area contributed by atoms with Crippen molar-refractivity contribution in [2.45, 2.75) is 0 Å². The van der Waals surface area contributed by atoms with E-state index in [1.54, 1.807) is 0 Å². The van der Waals surface area contributed by atoms with Crippen LogP contribution in [-0.2, 0) is 0 Å². The van der Waals surface area contributed by atoms with E-state index < -0.39 is 0 Å². The number of hydrogen-bond acceptors (Lipinski definition) is 0. The van der Waals surface area contributed by atoms with E-state index in [9.17, 15) is 0 Å². The van der Waals surface area contributed by atoms with Gasteiger partial charge in [-0.15, -0.1) is 0 Å². The predicted octanol–water partition coefficient (Wildman–Crippen LogP) is 5.72. The zero-order valence-corrected chi connectivity index (χ0v) is 15.4. The molecule has 0 aliphatic heterocycles. The summed E-state index contributed by atoms with van der Waals surface area (Å²) in [5, 5.41) is 0.861. The van der Waals surface area contributed by atoms with Gasteiger partial charge < -0.3 is 0 Å². The topological polar surface area (TPSA) is 0 Å². The summed E-state index contributed by atoms with van der Waals surface area (Å²) in [5.41, 5.74) is 3.80. The van der Waals surface area contributed by atoms with Crippen molar-refractivity contribution in [1.29, 1.82) is 0 Å². The van der Waals surface area contributed by atoms with Gasteiger partial charge in [-0.3, -0.25) is 0 Å². The lowest BCUT2D eigenvalue weighted by Crippen LogP contribution is -1.89. The molecule has 0 saturated heterocycles. The van der Waals surface area contributed by atoms with Gasteiger partial charge in [-0.05, 0) is 86.1 Å². The van der Waals surface area contributed by atoms with E-state index in [0.29, 0.717) is 0 Å². The molecule has 0 unspecified atom stereocenters. The third-order valence-corrected chi connectivity index (χ3v) is 4.35. The highest BCUT2D eigenvalue weighted by Gasteiger charge is 2.04. The summed E-state index contributed by atoms with van der Waals surface area (Å²) < 4.78 is 2.52. The second-order valence-electron chi connectivity index (χ2n) is 3.79. The Kier molecular flexibility index (Phi) is 5.69. The molecule has 0 spiro atoms. The van der Waals surface area contributed by atoms with Gasteiger partial charge in [0.05, 0.1) is 0 Å². The third kappa shape index (κ3) is 3.81. The Morgan fingerprint density at radius 2 is 1.22 bits per heavy atom. The molecular formula is C15H11BrI2. The van der Waals surface area contributed by atoms with Gasteiger partial charge in [0.15, 0.2) is 0 Å². The van der Waals surface area contributed by atoms with Crippen LogP contribution in [0.5, 0.6) is 0 Å². The van der Waals surface area contributed by atoms with Gasteiger partial charge in [-0.2, -0.15) is 0 Å². The molecule has 0 aliphatic rings. The van der Waals surface area contributed by atoms with Gasteiger partial charge in [0.1, 0.15) is 0 Å². The van der Waals surface area contributed by atoms with Crippen molar-refractivity contribution >= 4 is 66.7 Å². The van der Waals surface area contributed by atoms with Crippen LogP contribution < -0.4 is 0 Å². The molecule has 0 heterocycles. The molecule has 0 nitrogen and oxygen atoms in total. The van der Waals surface area contributed by atoms with Crippen molar-refractivity contribution in [2.75, 3.05) is 5.33 Å². The molecule has 0 N–H and O–H groups in total. The Balaban J connectivity index is 2.43. The van der Waals surface area contributed by atoms with E-state index >= 15 is 0 Å². The molecule has 0 fully saturated rings. The van der Waals surface area contributed by atoms with Crippen LogP contribution in [0, 0.1) is 7.14 Å². The number of halogens is 3. The van der Waals surface area contributed by atoms with Crippen LogP contribution in [0.2, 0.25) is 0 Å². The predicted molar refractivity (Wildman–Crippen MR) is 99.2 cm³/mol. The minimum atomic E-state index is 0.861. The lowest BCUT2D eigenvalue weighted by atomic mass is 9.98. The minimum absolute atomic E-state index is 0.861. The van der Waals surface area contributed by atoms with Gasteiger partial charge >= 0.3 is 0 Å². The lowest BCUT2D eigenvalue weighted by molar-refractivity contribution is 1.51. The highest BCUT2D eigenvalue weighted by Crippen LogP contribution is 2.25. The maximum Gasteiger partial charge on any atom is 0.0221 e. The maximum absolute atomic E-state index is 3.49. The molecule has 2 rings (SSSR count). The fourth-order valence-corrected chi connectivity index (χ4v) is 2.78. The summed E-state index contributed by atoms with van der Waals surface area (Å²) >= 11 is 8.16. The second kappa shape index (κ2) is 7.05. The molecule has 0 saturated carbocycles. The zero-order chi connectivity index (χ0) is 13.0. The Morgan fingerprint density at radius 1 is 0.833 bits per heavy atom. The molecule has 0 aliphatic carbocycles. The van der Waals surface area contributed by atoms with Crippen LogP contribution in [0.3, 0.4) is 0 Å². The van der Waals surface area contributed by atoms with Crippen LogP contribution in [0.15, 0.2) is 54.6 Å². The monoisotopic (exact) mass is 524 g/mol. The van der Waals surface area contributed by atoms with Crippen molar-refractivity contribution in [1.82, 2.24) is 0 Å². The molecule has 3 heteroatoms. The Hall–Kier alpha value is 0.120. The van der Waals surface area contributed by atoms with Gasteiger partial charge in [0, 0.05) is 12.5 Å². The molecule has 92 valence electrons. The van der Waals surface area contributed by atoms with Crippen molar-refractivity contribution in [2.24, 2.45) is 0 Å². The van der Waals surface area contributed by atoms with E-state index in [2.05, 4.69) is 116 Å². The van der Waals surface area contributed by atoms with Crippen molar-refractivity contribution in [3.8, 4) is 0 Å². The van der Waals surface area contributed by atoms with Gasteiger partial charge in [0.25, 0.3) is 0 Å². The quantitative estimate of drug-likeness (QED) is 0.356. The van der Waals surface area contributed by atoms with E-state index in [0.717, 1.165) is 5.33 Å². The van der Waals surface area contributed by atoms with Crippen LogP contribution in [0.4, 0.5) is 0 Å². The lowest BCUT2D eigenvalue weighted by Gasteiger charge is -2.08. The fourth-order valence-electron chi connectivity index (χ4n) is 1.74. The van der Waals surface area contributed by atoms with E-state index in [1.807, 2.05) is 0 Å². The van der Waals surface area contributed by atoms with Crippen LogP contribution in [-0.4, -0.2) is 5.33 Å². The van der Waals surface area contributed by atoms with Crippen molar-refractivity contribution < 1.29 is 0 Å². The summed E-state index contributed by atoms with van der Waals surface area (Å²) in [7, 11) is 0. The molecule has 0 amide bonds. The minimum Gasteiger partial charge on any atom is -0.0883 e. The Labute approximate surface area is 143 Å². The summed E-state index contributed by atoms with van der Waals surface area (Å²) in [6, 6.07) is 17.3. The summed E-state index contributed by atoms with van der Waals surface area (Å²) in [6.07, 6.45) is 2.21. The molecule has 0 aromatic heterocycles. The Bertz CT molecular complexity index is 494. The van der Waals surface area contributed by atoms with Crippen LogP contribution in [0.25, 0.3) is 5.57 Å². The van der Waals surface area contributed by atoms with Crippen LogP contribution in [0.1, 0.15) is 11.1 Å². The largest absolute Gasteiger partial charge is 0.0883 e. The summed E-state index contributed by atoms with van der Waals surface area (Å²) in [5.74, 6) is 0. The zero-order valence-electron chi connectivity index (χ0n) is 9.54. The number of rotatable bonds is 3. The highest BCUT2D eigenvalue weighted by atomic mass is 127.